The molecule has 8 heteroatoms. The Kier molecular flexibility index (Phi) is 5.20. The Labute approximate surface area is 157 Å². The number of amides is 2. The molecule has 2 aliphatic heterocycles. The molecule has 1 aromatic rings. The minimum atomic E-state index is -0.563. The van der Waals surface area contributed by atoms with Crippen LogP contribution in [0.3, 0.4) is 0 Å². The number of halogens is 1. The van der Waals surface area contributed by atoms with Crippen LogP contribution in [0.25, 0.3) is 0 Å². The van der Waals surface area contributed by atoms with Crippen molar-refractivity contribution in [2.75, 3.05) is 31.5 Å². The minimum absolute atomic E-state index is 0.0326. The molecule has 3 rings (SSSR count). The van der Waals surface area contributed by atoms with E-state index in [0.29, 0.717) is 29.5 Å². The molecule has 2 amide bonds. The number of pyridine rings is 1. The van der Waals surface area contributed by atoms with E-state index in [-0.39, 0.29) is 18.6 Å². The third kappa shape index (κ3) is 4.16. The monoisotopic (exact) mass is 378 g/mol. The first kappa shape index (κ1) is 18.7. The smallest absolute Gasteiger partial charge is 0.410 e. The number of hydrogen-bond donors (Lipinski definition) is 2. The number of aromatic nitrogens is 1. The second kappa shape index (κ2) is 7.25. The molecule has 0 unspecified atom stereocenters. The van der Waals surface area contributed by atoms with Crippen molar-refractivity contribution < 1.29 is 14.3 Å². The summed E-state index contributed by atoms with van der Waals surface area (Å²) in [7, 11) is 0. The van der Waals surface area contributed by atoms with Crippen molar-refractivity contribution in [1.29, 1.82) is 0 Å². The zero-order chi connectivity index (χ0) is 18.9. The largest absolute Gasteiger partial charge is 0.443 e. The van der Waals surface area contributed by atoms with Crippen LogP contribution < -0.4 is 10.6 Å². The summed E-state index contributed by atoms with van der Waals surface area (Å²) >= 11 is 5.99. The van der Waals surface area contributed by atoms with E-state index in [2.05, 4.69) is 15.6 Å². The van der Waals surface area contributed by atoms with Gasteiger partial charge in [-0.2, -0.15) is 0 Å². The lowest BCUT2D eigenvalue weighted by Crippen LogP contribution is -2.33. The molecule has 0 bridgehead atoms. The molecule has 3 heterocycles. The summed E-state index contributed by atoms with van der Waals surface area (Å²) in [6, 6.07) is 1.61. The molecule has 7 nitrogen and oxygen atoms in total. The molecule has 0 saturated carbocycles. The van der Waals surface area contributed by atoms with E-state index in [4.69, 9.17) is 16.3 Å². The van der Waals surface area contributed by atoms with Gasteiger partial charge in [0.25, 0.3) is 0 Å². The Bertz CT molecular complexity index is 754. The van der Waals surface area contributed by atoms with E-state index < -0.39 is 5.41 Å². The Hall–Kier alpha value is -2.12. The number of nitrogens with one attached hydrogen (secondary N) is 2. The van der Waals surface area contributed by atoms with Gasteiger partial charge in [-0.3, -0.25) is 9.78 Å². The fourth-order valence-corrected chi connectivity index (χ4v) is 2.98. The van der Waals surface area contributed by atoms with Crippen LogP contribution in [0.2, 0.25) is 5.02 Å². The molecule has 0 radical (unpaired) electrons. The predicted molar refractivity (Wildman–Crippen MR) is 99.0 cm³/mol. The van der Waals surface area contributed by atoms with Gasteiger partial charge in [0.1, 0.15) is 12.3 Å². The maximum atomic E-state index is 12.3. The quantitative estimate of drug-likeness (QED) is 0.790. The van der Waals surface area contributed by atoms with Gasteiger partial charge in [0.2, 0.25) is 5.91 Å². The Balaban J connectivity index is 1.62. The fourth-order valence-electron chi connectivity index (χ4n) is 2.82. The Morgan fingerprint density at radius 2 is 1.96 bits per heavy atom. The molecular formula is C18H23ClN4O3. The van der Waals surface area contributed by atoms with E-state index >= 15 is 0 Å². The molecule has 140 valence electrons. The number of rotatable bonds is 3. The minimum Gasteiger partial charge on any atom is -0.443 e. The average Bonchev–Trinajstić information content (AvgIpc) is 3.14. The van der Waals surface area contributed by atoms with Crippen LogP contribution in [-0.2, 0) is 16.1 Å². The van der Waals surface area contributed by atoms with Crippen LogP contribution in [0, 0.1) is 5.41 Å². The van der Waals surface area contributed by atoms with Crippen LogP contribution in [0.1, 0.15) is 26.5 Å². The van der Waals surface area contributed by atoms with Crippen molar-refractivity contribution >= 4 is 29.3 Å². The molecule has 2 aliphatic rings. The molecule has 1 aromatic heterocycles. The normalized spacial score (nSPS) is 16.7. The molecule has 2 N–H and O–H groups in total. The summed E-state index contributed by atoms with van der Waals surface area (Å²) in [4.78, 5) is 30.5. The third-order valence-corrected chi connectivity index (χ3v) is 4.60. The number of carbonyl (C=O) groups is 2. The van der Waals surface area contributed by atoms with Crippen molar-refractivity contribution in [2.45, 2.75) is 27.4 Å². The molecule has 0 fully saturated rings. The number of hydrogen-bond acceptors (Lipinski definition) is 5. The van der Waals surface area contributed by atoms with Gasteiger partial charge in [0.15, 0.2) is 0 Å². The summed E-state index contributed by atoms with van der Waals surface area (Å²) < 4.78 is 5.41. The first-order chi connectivity index (χ1) is 12.2. The number of carbonyl (C=O) groups excluding carboxylic acids is 2. The maximum Gasteiger partial charge on any atom is 0.410 e. The van der Waals surface area contributed by atoms with Crippen LogP contribution in [0.5, 0.6) is 0 Å². The molecular weight excluding hydrogens is 356 g/mol. The highest BCUT2D eigenvalue weighted by molar-refractivity contribution is 6.30. The number of ether oxygens (including phenoxy) is 1. The summed E-state index contributed by atoms with van der Waals surface area (Å²) in [5, 5.41) is 6.48. The fraction of sp³-hybridized carbons (Fsp3) is 0.500. The molecule has 0 aliphatic carbocycles. The van der Waals surface area contributed by atoms with Gasteiger partial charge >= 0.3 is 6.09 Å². The van der Waals surface area contributed by atoms with Gasteiger partial charge in [-0.05, 0) is 17.2 Å². The van der Waals surface area contributed by atoms with Crippen molar-refractivity contribution in [2.24, 2.45) is 5.41 Å². The lowest BCUT2D eigenvalue weighted by Gasteiger charge is -2.20. The van der Waals surface area contributed by atoms with Crippen LogP contribution in [0.15, 0.2) is 23.4 Å². The van der Waals surface area contributed by atoms with Crippen molar-refractivity contribution in [3.63, 3.8) is 0 Å². The topological polar surface area (TPSA) is 83.6 Å². The van der Waals surface area contributed by atoms with Crippen molar-refractivity contribution in [1.82, 2.24) is 15.2 Å². The zero-order valence-electron chi connectivity index (χ0n) is 15.2. The van der Waals surface area contributed by atoms with Gasteiger partial charge in [0, 0.05) is 37.8 Å². The predicted octanol–water partition coefficient (Wildman–Crippen LogP) is 2.57. The third-order valence-electron chi connectivity index (χ3n) is 4.40. The summed E-state index contributed by atoms with van der Waals surface area (Å²) in [6.45, 7) is 8.28. The summed E-state index contributed by atoms with van der Waals surface area (Å²) in [5.41, 5.74) is 2.89. The van der Waals surface area contributed by atoms with Crippen molar-refractivity contribution in [3.05, 3.63) is 34.1 Å². The lowest BCUT2D eigenvalue weighted by molar-refractivity contribution is -0.123. The van der Waals surface area contributed by atoms with E-state index in [1.54, 1.807) is 11.0 Å². The Morgan fingerprint density at radius 1 is 1.31 bits per heavy atom. The van der Waals surface area contributed by atoms with Crippen molar-refractivity contribution in [3.8, 4) is 0 Å². The number of nitrogens with zero attached hydrogens (tertiary/aromatic N) is 2. The van der Waals surface area contributed by atoms with E-state index in [1.165, 1.54) is 17.3 Å². The second-order valence-corrected chi connectivity index (χ2v) is 8.01. The summed E-state index contributed by atoms with van der Waals surface area (Å²) in [5.74, 6) is -0.165. The first-order valence-electron chi connectivity index (χ1n) is 8.52. The first-order valence-corrected chi connectivity index (χ1v) is 8.90. The van der Waals surface area contributed by atoms with Crippen LogP contribution in [0.4, 0.5) is 10.5 Å². The van der Waals surface area contributed by atoms with Crippen LogP contribution in [-0.4, -0.2) is 48.1 Å². The highest BCUT2D eigenvalue weighted by Crippen LogP contribution is 2.24. The van der Waals surface area contributed by atoms with Gasteiger partial charge in [-0.15, -0.1) is 0 Å². The van der Waals surface area contributed by atoms with E-state index in [0.717, 1.165) is 13.1 Å². The summed E-state index contributed by atoms with van der Waals surface area (Å²) in [6.07, 6.45) is 1.08. The van der Waals surface area contributed by atoms with Gasteiger partial charge in [-0.25, -0.2) is 4.79 Å². The standard InChI is InChI=1S/C18H23ClN4O3/c1-18(2,3)16(24)22-14-4-13(19)7-21-15(14)10-26-17(25)23-8-11-5-20-6-12(11)9-23/h4,7,20H,5-6,8-10H2,1-3H3,(H,22,24). The van der Waals surface area contributed by atoms with E-state index in [1.807, 2.05) is 20.8 Å². The average molecular weight is 379 g/mol. The molecule has 0 atom stereocenters. The second-order valence-electron chi connectivity index (χ2n) is 7.57. The maximum absolute atomic E-state index is 12.3. The van der Waals surface area contributed by atoms with Crippen LogP contribution >= 0.6 is 11.6 Å². The SMILES string of the molecule is CC(C)(C)C(=O)Nc1cc(Cl)cnc1COC(=O)N1CC2=C(CNC2)C1. The van der Waals surface area contributed by atoms with Gasteiger partial charge in [0.05, 0.1) is 10.7 Å². The molecule has 0 saturated heterocycles. The zero-order valence-corrected chi connectivity index (χ0v) is 15.9. The molecule has 26 heavy (non-hydrogen) atoms. The molecule has 0 aromatic carbocycles. The van der Waals surface area contributed by atoms with Gasteiger partial charge < -0.3 is 20.3 Å². The highest BCUT2D eigenvalue weighted by atomic mass is 35.5. The van der Waals surface area contributed by atoms with E-state index in [9.17, 15) is 9.59 Å². The van der Waals surface area contributed by atoms with Gasteiger partial charge in [-0.1, -0.05) is 32.4 Å². The lowest BCUT2D eigenvalue weighted by atomic mass is 9.95. The Morgan fingerprint density at radius 3 is 2.58 bits per heavy atom. The highest BCUT2D eigenvalue weighted by Gasteiger charge is 2.29. The molecule has 0 spiro atoms. The number of anilines is 1.